The molecule has 2 heterocycles. The smallest absolute Gasteiger partial charge is 0.335 e. The third-order valence-corrected chi connectivity index (χ3v) is 3.54. The number of rotatable bonds is 4. The number of aromatic nitrogens is 1. The zero-order valence-corrected chi connectivity index (χ0v) is 12.8. The minimum absolute atomic E-state index is 0.388. The first-order chi connectivity index (χ1) is 11.2. The Labute approximate surface area is 133 Å². The van der Waals surface area contributed by atoms with Crippen molar-refractivity contribution >= 4 is 11.9 Å². The van der Waals surface area contributed by atoms with Gasteiger partial charge in [0.15, 0.2) is 12.1 Å². The molecule has 1 aliphatic heterocycles. The topological polar surface area (TPSA) is 70.0 Å². The van der Waals surface area contributed by atoms with Gasteiger partial charge in [-0.3, -0.25) is 4.98 Å². The number of aliphatic imine (C=N–C) groups is 1. The van der Waals surface area contributed by atoms with Gasteiger partial charge in [-0.05, 0) is 36.4 Å². The van der Waals surface area contributed by atoms with Crippen LogP contribution in [0, 0.1) is 0 Å². The maximum atomic E-state index is 12.0. The molecule has 0 fully saturated rings. The van der Waals surface area contributed by atoms with E-state index < -0.39 is 18.1 Å². The Balaban J connectivity index is 1.91. The van der Waals surface area contributed by atoms with E-state index in [2.05, 4.69) is 9.98 Å². The monoisotopic (exact) mass is 312 g/mol. The van der Waals surface area contributed by atoms with Gasteiger partial charge in [0.25, 0.3) is 0 Å². The van der Waals surface area contributed by atoms with E-state index in [0.717, 1.165) is 11.3 Å². The van der Waals surface area contributed by atoms with Gasteiger partial charge >= 0.3 is 5.97 Å². The second-order valence-electron chi connectivity index (χ2n) is 4.92. The summed E-state index contributed by atoms with van der Waals surface area (Å²) in [4.78, 5) is 20.7. The van der Waals surface area contributed by atoms with E-state index in [0.29, 0.717) is 11.6 Å². The first-order valence-electron chi connectivity index (χ1n) is 7.10. The van der Waals surface area contributed by atoms with Crippen molar-refractivity contribution in [1.82, 2.24) is 4.98 Å². The van der Waals surface area contributed by atoms with Crippen LogP contribution in [0.4, 0.5) is 0 Å². The average Bonchev–Trinajstić information content (AvgIpc) is 3.07. The summed E-state index contributed by atoms with van der Waals surface area (Å²) in [7, 11) is 2.93. The molecule has 3 rings (SSSR count). The molecular weight excluding hydrogens is 296 g/mol. The number of carbonyl (C=O) groups excluding carboxylic acids is 1. The lowest BCUT2D eigenvalue weighted by atomic mass is 10.1. The van der Waals surface area contributed by atoms with Crippen LogP contribution in [-0.4, -0.2) is 37.1 Å². The Bertz CT molecular complexity index is 713. The second kappa shape index (κ2) is 6.48. The molecule has 23 heavy (non-hydrogen) atoms. The number of hydrogen-bond acceptors (Lipinski definition) is 6. The molecular formula is C17H16N2O4. The minimum atomic E-state index is -0.771. The summed E-state index contributed by atoms with van der Waals surface area (Å²) < 4.78 is 15.9. The molecule has 6 heteroatoms. The lowest BCUT2D eigenvalue weighted by Gasteiger charge is -2.15. The van der Waals surface area contributed by atoms with E-state index >= 15 is 0 Å². The van der Waals surface area contributed by atoms with Crippen molar-refractivity contribution in [3.63, 3.8) is 0 Å². The van der Waals surface area contributed by atoms with Gasteiger partial charge in [-0.1, -0.05) is 6.07 Å². The van der Waals surface area contributed by atoms with Crippen LogP contribution in [0.5, 0.6) is 5.75 Å². The highest BCUT2D eigenvalue weighted by Gasteiger charge is 2.39. The molecule has 1 aromatic heterocycles. The van der Waals surface area contributed by atoms with Crippen molar-refractivity contribution < 1.29 is 19.0 Å². The predicted molar refractivity (Wildman–Crippen MR) is 83.4 cm³/mol. The van der Waals surface area contributed by atoms with Gasteiger partial charge in [-0.15, -0.1) is 0 Å². The number of hydrogen-bond donors (Lipinski definition) is 0. The molecule has 1 aliphatic rings. The number of ether oxygens (including phenoxy) is 3. The summed E-state index contributed by atoms with van der Waals surface area (Å²) in [6.07, 6.45) is 1.05. The molecule has 0 radical (unpaired) electrons. The van der Waals surface area contributed by atoms with Gasteiger partial charge in [-0.2, -0.15) is 0 Å². The lowest BCUT2D eigenvalue weighted by Crippen LogP contribution is -2.25. The van der Waals surface area contributed by atoms with Crippen molar-refractivity contribution in [2.24, 2.45) is 4.99 Å². The Kier molecular flexibility index (Phi) is 4.23. The van der Waals surface area contributed by atoms with Gasteiger partial charge in [0, 0.05) is 11.8 Å². The van der Waals surface area contributed by atoms with Crippen LogP contribution in [-0.2, 0) is 14.3 Å². The molecule has 0 amide bonds. The maximum Gasteiger partial charge on any atom is 0.335 e. The molecule has 0 saturated carbocycles. The Hall–Kier alpha value is -2.89. The number of esters is 1. The van der Waals surface area contributed by atoms with E-state index in [1.54, 1.807) is 25.4 Å². The molecule has 118 valence electrons. The van der Waals surface area contributed by atoms with Crippen LogP contribution in [0.25, 0.3) is 0 Å². The molecule has 0 aliphatic carbocycles. The number of methoxy groups -OCH3 is 2. The maximum absolute atomic E-state index is 12.0. The standard InChI is InChI=1S/C17H16N2O4/c1-21-12-8-6-11(7-9-12)16-19-14(17(20)22-2)15(23-16)13-5-3-4-10-18-13/h3-10,14-15H,1-2H3/t14-,15+/m0/s1. The van der Waals surface area contributed by atoms with Crippen LogP contribution in [0.2, 0.25) is 0 Å². The number of pyridine rings is 1. The van der Waals surface area contributed by atoms with Gasteiger partial charge in [-0.25, -0.2) is 9.79 Å². The van der Waals surface area contributed by atoms with Crippen LogP contribution >= 0.6 is 0 Å². The fourth-order valence-electron chi connectivity index (χ4n) is 2.35. The molecule has 0 N–H and O–H groups in total. The van der Waals surface area contributed by atoms with Gasteiger partial charge < -0.3 is 14.2 Å². The summed E-state index contributed by atoms with van der Waals surface area (Å²) in [6.45, 7) is 0. The third kappa shape index (κ3) is 3.01. The summed E-state index contributed by atoms with van der Waals surface area (Å²) in [5, 5.41) is 0. The predicted octanol–water partition coefficient (Wildman–Crippen LogP) is 2.15. The fraction of sp³-hybridized carbons (Fsp3) is 0.235. The van der Waals surface area contributed by atoms with Gasteiger partial charge in [0.2, 0.25) is 5.90 Å². The third-order valence-electron chi connectivity index (χ3n) is 3.54. The normalized spacial score (nSPS) is 19.7. The van der Waals surface area contributed by atoms with Crippen molar-refractivity contribution in [2.75, 3.05) is 14.2 Å². The van der Waals surface area contributed by atoms with Crippen LogP contribution < -0.4 is 4.74 Å². The fourth-order valence-corrected chi connectivity index (χ4v) is 2.35. The Morgan fingerprint density at radius 1 is 1.13 bits per heavy atom. The van der Waals surface area contributed by atoms with Crippen LogP contribution in [0.1, 0.15) is 17.4 Å². The largest absolute Gasteiger partial charge is 0.497 e. The van der Waals surface area contributed by atoms with Crippen LogP contribution in [0.15, 0.2) is 53.7 Å². The van der Waals surface area contributed by atoms with Crippen molar-refractivity contribution in [1.29, 1.82) is 0 Å². The van der Waals surface area contributed by atoms with E-state index in [1.165, 1.54) is 7.11 Å². The molecule has 1 aromatic carbocycles. The Morgan fingerprint density at radius 3 is 2.52 bits per heavy atom. The number of carbonyl (C=O) groups is 1. The molecule has 6 nitrogen and oxygen atoms in total. The molecule has 2 aromatic rings. The van der Waals surface area contributed by atoms with Crippen molar-refractivity contribution in [3.8, 4) is 5.75 Å². The molecule has 0 spiro atoms. The summed E-state index contributed by atoms with van der Waals surface area (Å²) in [6, 6.07) is 11.9. The van der Waals surface area contributed by atoms with Gasteiger partial charge in [0.1, 0.15) is 5.75 Å². The molecule has 2 atom stereocenters. The van der Waals surface area contributed by atoms with Crippen molar-refractivity contribution in [3.05, 3.63) is 59.9 Å². The van der Waals surface area contributed by atoms with E-state index in [-0.39, 0.29) is 0 Å². The SMILES string of the molecule is COC(=O)[C@H]1N=C(c2ccc(OC)cc2)O[C@@H]1c1ccccn1. The quantitative estimate of drug-likeness (QED) is 0.809. The highest BCUT2D eigenvalue weighted by Crippen LogP contribution is 2.31. The summed E-state index contributed by atoms with van der Waals surface area (Å²) >= 11 is 0. The molecule has 0 unspecified atom stereocenters. The zero-order valence-electron chi connectivity index (χ0n) is 12.8. The highest BCUT2D eigenvalue weighted by molar-refractivity contribution is 5.98. The molecule has 0 bridgehead atoms. The zero-order chi connectivity index (χ0) is 16.2. The number of nitrogens with zero attached hydrogens (tertiary/aromatic N) is 2. The van der Waals surface area contributed by atoms with E-state index in [9.17, 15) is 4.79 Å². The molecule has 0 saturated heterocycles. The first-order valence-corrected chi connectivity index (χ1v) is 7.10. The highest BCUT2D eigenvalue weighted by atomic mass is 16.5. The van der Waals surface area contributed by atoms with Crippen molar-refractivity contribution in [2.45, 2.75) is 12.1 Å². The average molecular weight is 312 g/mol. The van der Waals surface area contributed by atoms with Crippen LogP contribution in [0.3, 0.4) is 0 Å². The Morgan fingerprint density at radius 2 is 1.91 bits per heavy atom. The number of benzene rings is 1. The van der Waals surface area contributed by atoms with E-state index in [1.807, 2.05) is 30.3 Å². The summed E-state index contributed by atoms with van der Waals surface area (Å²) in [5.74, 6) is 0.668. The minimum Gasteiger partial charge on any atom is -0.497 e. The summed E-state index contributed by atoms with van der Waals surface area (Å²) in [5.41, 5.74) is 1.40. The lowest BCUT2D eigenvalue weighted by molar-refractivity contribution is -0.143. The van der Waals surface area contributed by atoms with E-state index in [4.69, 9.17) is 14.2 Å². The van der Waals surface area contributed by atoms with Gasteiger partial charge in [0.05, 0.1) is 19.9 Å². The second-order valence-corrected chi connectivity index (χ2v) is 4.92. The first kappa shape index (κ1) is 15.0.